The number of sulfone groups is 1. The smallest absolute Gasteiger partial charge is 0.410 e. The molecule has 8 heteroatoms. The van der Waals surface area contributed by atoms with Crippen LogP contribution in [0.1, 0.15) is 33.6 Å². The third-order valence-corrected chi connectivity index (χ3v) is 4.28. The van der Waals surface area contributed by atoms with Crippen molar-refractivity contribution in [3.05, 3.63) is 0 Å². The molecule has 0 saturated carbocycles. The van der Waals surface area contributed by atoms with Gasteiger partial charge in [0.25, 0.3) is 0 Å². The first-order chi connectivity index (χ1) is 9.99. The van der Waals surface area contributed by atoms with E-state index in [0.29, 0.717) is 26.0 Å². The Bertz CT molecular complexity index is 470. The average Bonchev–Trinajstić information content (AvgIpc) is 2.35. The molecule has 7 nitrogen and oxygen atoms in total. The number of aliphatic hydroxyl groups is 1. The monoisotopic (exact) mass is 337 g/mol. The molecule has 0 radical (unpaired) electrons. The molecule has 1 rings (SSSR count). The molecule has 0 aromatic heterocycles. The summed E-state index contributed by atoms with van der Waals surface area (Å²) in [5, 5.41) is 10.3. The number of amides is 1. The molecule has 0 aromatic carbocycles. The minimum atomic E-state index is -3.05. The van der Waals surface area contributed by atoms with Crippen molar-refractivity contribution in [1.82, 2.24) is 4.90 Å². The molecule has 22 heavy (non-hydrogen) atoms. The summed E-state index contributed by atoms with van der Waals surface area (Å²) in [5.41, 5.74) is -0.610. The van der Waals surface area contributed by atoms with Gasteiger partial charge in [-0.3, -0.25) is 4.90 Å². The fraction of sp³-hybridized carbons (Fsp3) is 0.929. The van der Waals surface area contributed by atoms with Gasteiger partial charge in [-0.15, -0.1) is 0 Å². The van der Waals surface area contributed by atoms with Gasteiger partial charge < -0.3 is 14.6 Å². The summed E-state index contributed by atoms with van der Waals surface area (Å²) in [6.45, 7) is 6.31. The van der Waals surface area contributed by atoms with Gasteiger partial charge in [0.1, 0.15) is 15.4 Å². The normalized spacial score (nSPS) is 21.5. The summed E-state index contributed by atoms with van der Waals surface area (Å²) >= 11 is 0. The van der Waals surface area contributed by atoms with Crippen LogP contribution in [0, 0.1) is 0 Å². The van der Waals surface area contributed by atoms with Crippen molar-refractivity contribution >= 4 is 15.9 Å². The van der Waals surface area contributed by atoms with Crippen molar-refractivity contribution in [3.63, 3.8) is 0 Å². The van der Waals surface area contributed by atoms with Crippen LogP contribution in [0.5, 0.6) is 0 Å². The molecule has 2 unspecified atom stereocenters. The minimum absolute atomic E-state index is 0.0179. The van der Waals surface area contributed by atoms with E-state index in [9.17, 15) is 18.3 Å². The van der Waals surface area contributed by atoms with Gasteiger partial charge in [-0.1, -0.05) is 0 Å². The van der Waals surface area contributed by atoms with Gasteiger partial charge in [0.05, 0.1) is 25.4 Å². The number of hydrogen-bond acceptors (Lipinski definition) is 6. The summed E-state index contributed by atoms with van der Waals surface area (Å²) < 4.78 is 32.9. The predicted molar refractivity (Wildman–Crippen MR) is 82.5 cm³/mol. The number of aliphatic hydroxyl groups excluding tert-OH is 1. The molecule has 1 heterocycles. The molecule has 1 fully saturated rings. The highest BCUT2D eigenvalue weighted by Crippen LogP contribution is 2.18. The van der Waals surface area contributed by atoms with Gasteiger partial charge in [0.2, 0.25) is 0 Å². The molecule has 1 aliphatic rings. The molecular formula is C14H27NO6S. The van der Waals surface area contributed by atoms with Gasteiger partial charge in [-0.2, -0.15) is 0 Å². The third kappa shape index (κ3) is 6.93. The zero-order valence-electron chi connectivity index (χ0n) is 13.7. The van der Waals surface area contributed by atoms with Crippen LogP contribution in [0.3, 0.4) is 0 Å². The van der Waals surface area contributed by atoms with Crippen molar-refractivity contribution in [2.45, 2.75) is 51.4 Å². The lowest BCUT2D eigenvalue weighted by Crippen LogP contribution is -2.55. The van der Waals surface area contributed by atoms with E-state index in [1.54, 1.807) is 20.8 Å². The van der Waals surface area contributed by atoms with Crippen LogP contribution in [0.4, 0.5) is 4.79 Å². The van der Waals surface area contributed by atoms with Crippen LogP contribution in [0.15, 0.2) is 0 Å². The van der Waals surface area contributed by atoms with Crippen LogP contribution >= 0.6 is 0 Å². The van der Waals surface area contributed by atoms with E-state index in [2.05, 4.69) is 0 Å². The third-order valence-electron chi connectivity index (χ3n) is 3.25. The first-order valence-electron chi connectivity index (χ1n) is 7.43. The quantitative estimate of drug-likeness (QED) is 0.798. The van der Waals surface area contributed by atoms with Crippen LogP contribution in [-0.4, -0.2) is 74.0 Å². The molecule has 130 valence electrons. The topological polar surface area (TPSA) is 93.1 Å². The molecule has 0 bridgehead atoms. The Kier molecular flexibility index (Phi) is 6.64. The number of morpholine rings is 1. The van der Waals surface area contributed by atoms with Gasteiger partial charge in [-0.05, 0) is 33.6 Å². The Balaban J connectivity index is 2.62. The molecule has 1 N–H and O–H groups in total. The first kappa shape index (κ1) is 19.2. The maximum absolute atomic E-state index is 12.2. The lowest BCUT2D eigenvalue weighted by Gasteiger charge is -2.38. The van der Waals surface area contributed by atoms with Crippen molar-refractivity contribution in [2.75, 3.05) is 31.8 Å². The number of rotatable bonds is 5. The maximum atomic E-state index is 12.2. The van der Waals surface area contributed by atoms with Gasteiger partial charge in [-0.25, -0.2) is 13.2 Å². The van der Waals surface area contributed by atoms with Crippen molar-refractivity contribution in [2.24, 2.45) is 0 Å². The van der Waals surface area contributed by atoms with E-state index in [0.717, 1.165) is 6.26 Å². The second kappa shape index (κ2) is 7.61. The van der Waals surface area contributed by atoms with Crippen LogP contribution < -0.4 is 0 Å². The summed E-state index contributed by atoms with van der Waals surface area (Å²) in [7, 11) is -3.05. The number of ether oxygens (including phenoxy) is 2. The lowest BCUT2D eigenvalue weighted by molar-refractivity contribution is -0.0677. The molecule has 1 aliphatic heterocycles. The zero-order chi connectivity index (χ0) is 17.0. The SMILES string of the molecule is CC(C)(C)OC(=O)N1CCOCC1C(O)CCCS(C)(=O)=O. The Morgan fingerprint density at radius 1 is 1.45 bits per heavy atom. The largest absolute Gasteiger partial charge is 0.444 e. The molecule has 2 atom stereocenters. The van der Waals surface area contributed by atoms with E-state index in [4.69, 9.17) is 9.47 Å². The molecule has 0 aliphatic carbocycles. The van der Waals surface area contributed by atoms with Crippen molar-refractivity contribution < 1.29 is 27.8 Å². The highest BCUT2D eigenvalue weighted by Gasteiger charge is 2.35. The van der Waals surface area contributed by atoms with E-state index < -0.39 is 33.7 Å². The minimum Gasteiger partial charge on any atom is -0.444 e. The summed E-state index contributed by atoms with van der Waals surface area (Å²) in [4.78, 5) is 13.7. The van der Waals surface area contributed by atoms with Gasteiger partial charge in [0.15, 0.2) is 0 Å². The molecular weight excluding hydrogens is 310 g/mol. The highest BCUT2D eigenvalue weighted by atomic mass is 32.2. The van der Waals surface area contributed by atoms with Crippen molar-refractivity contribution in [3.8, 4) is 0 Å². The van der Waals surface area contributed by atoms with E-state index in [1.165, 1.54) is 4.90 Å². The van der Waals surface area contributed by atoms with E-state index in [-0.39, 0.29) is 12.4 Å². The first-order valence-corrected chi connectivity index (χ1v) is 9.49. The number of hydrogen-bond donors (Lipinski definition) is 1. The zero-order valence-corrected chi connectivity index (χ0v) is 14.6. The summed E-state index contributed by atoms with van der Waals surface area (Å²) in [6.07, 6.45) is 0.479. The van der Waals surface area contributed by atoms with Crippen LogP contribution in [0.2, 0.25) is 0 Å². The maximum Gasteiger partial charge on any atom is 0.410 e. The lowest BCUT2D eigenvalue weighted by atomic mass is 10.0. The highest BCUT2D eigenvalue weighted by molar-refractivity contribution is 7.90. The van der Waals surface area contributed by atoms with Gasteiger partial charge >= 0.3 is 6.09 Å². The molecule has 0 spiro atoms. The standard InChI is InChI=1S/C14H27NO6S/c1-14(2,3)21-13(17)15-7-8-20-10-11(15)12(16)6-5-9-22(4,18)19/h11-12,16H,5-10H2,1-4H3. The molecule has 1 amide bonds. The van der Waals surface area contributed by atoms with Crippen LogP contribution in [0.25, 0.3) is 0 Å². The summed E-state index contributed by atoms with van der Waals surface area (Å²) in [6, 6.07) is -0.511. The second-order valence-corrected chi connectivity index (χ2v) is 8.92. The van der Waals surface area contributed by atoms with Crippen molar-refractivity contribution in [1.29, 1.82) is 0 Å². The fourth-order valence-corrected chi connectivity index (χ4v) is 2.93. The van der Waals surface area contributed by atoms with Crippen LogP contribution in [-0.2, 0) is 19.3 Å². The Morgan fingerprint density at radius 2 is 2.09 bits per heavy atom. The number of carbonyl (C=O) groups excluding carboxylic acids is 1. The average molecular weight is 337 g/mol. The van der Waals surface area contributed by atoms with Gasteiger partial charge in [0, 0.05) is 18.6 Å². The Morgan fingerprint density at radius 3 is 2.64 bits per heavy atom. The summed E-state index contributed by atoms with van der Waals surface area (Å²) in [5.74, 6) is 0.0179. The number of nitrogens with zero attached hydrogens (tertiary/aromatic N) is 1. The predicted octanol–water partition coefficient (Wildman–Crippen LogP) is 0.808. The fourth-order valence-electron chi connectivity index (χ4n) is 2.24. The van der Waals surface area contributed by atoms with E-state index >= 15 is 0 Å². The molecule has 0 aromatic rings. The molecule has 1 saturated heterocycles. The second-order valence-electron chi connectivity index (χ2n) is 6.66. The Labute approximate surface area is 132 Å². The van der Waals surface area contributed by atoms with E-state index in [1.807, 2.05) is 0 Å². The number of carbonyl (C=O) groups is 1. The Hall–Kier alpha value is -0.860.